The minimum absolute atomic E-state index is 0.0912. The van der Waals surface area contributed by atoms with Gasteiger partial charge in [0, 0.05) is 30.5 Å². The van der Waals surface area contributed by atoms with Gasteiger partial charge >= 0.3 is 0 Å². The summed E-state index contributed by atoms with van der Waals surface area (Å²) in [5, 5.41) is 7.13. The summed E-state index contributed by atoms with van der Waals surface area (Å²) in [6, 6.07) is 8.17. The summed E-state index contributed by atoms with van der Waals surface area (Å²) in [5.41, 5.74) is 2.60. The van der Waals surface area contributed by atoms with Crippen LogP contribution in [0.3, 0.4) is 0 Å². The minimum Gasteiger partial charge on any atom is -0.373 e. The van der Waals surface area contributed by atoms with Crippen molar-refractivity contribution < 1.29 is 13.9 Å². The Hall–Kier alpha value is -2.87. The summed E-state index contributed by atoms with van der Waals surface area (Å²) >= 11 is 0. The Labute approximate surface area is 155 Å². The van der Waals surface area contributed by atoms with Crippen molar-refractivity contribution in [3.05, 3.63) is 58.9 Å². The largest absolute Gasteiger partial charge is 0.373 e. The zero-order chi connectivity index (χ0) is 19.0. The van der Waals surface area contributed by atoms with Crippen molar-refractivity contribution in [3.63, 3.8) is 0 Å². The van der Waals surface area contributed by atoms with Crippen molar-refractivity contribution in [2.75, 3.05) is 13.2 Å². The number of halogens is 1. The molecule has 1 aromatic carbocycles. The molecule has 0 unspecified atom stereocenters. The number of carbonyl (C=O) groups is 1. The molecule has 3 heterocycles. The number of carbonyl (C=O) groups excluding carboxylic acids is 1. The van der Waals surface area contributed by atoms with E-state index in [1.807, 2.05) is 19.9 Å². The quantitative estimate of drug-likeness (QED) is 0.764. The number of nitrogens with one attached hydrogen (secondary N) is 1. The van der Waals surface area contributed by atoms with Crippen molar-refractivity contribution in [3.8, 4) is 0 Å². The van der Waals surface area contributed by atoms with E-state index in [1.54, 1.807) is 16.6 Å². The Kier molecular flexibility index (Phi) is 4.57. The third-order valence-electron chi connectivity index (χ3n) is 4.76. The van der Waals surface area contributed by atoms with E-state index in [-0.39, 0.29) is 29.6 Å². The molecule has 1 N–H and O–H groups in total. The summed E-state index contributed by atoms with van der Waals surface area (Å²) in [5.74, 6) is -0.0148. The van der Waals surface area contributed by atoms with Gasteiger partial charge in [0.25, 0.3) is 11.7 Å². The van der Waals surface area contributed by atoms with E-state index in [1.165, 1.54) is 12.1 Å². The number of fused-ring (bicyclic) bond motifs is 1. The number of hydrogen-bond acceptors (Lipinski definition) is 5. The molecule has 1 aliphatic rings. The monoisotopic (exact) mass is 369 g/mol. The van der Waals surface area contributed by atoms with Crippen LogP contribution in [0.25, 0.3) is 5.78 Å². The third-order valence-corrected chi connectivity index (χ3v) is 4.76. The van der Waals surface area contributed by atoms with E-state index in [0.717, 1.165) is 23.4 Å². The number of ether oxygens (including phenoxy) is 1. The summed E-state index contributed by atoms with van der Waals surface area (Å²) in [7, 11) is 0. The molecule has 3 aromatic rings. The first-order valence-electron chi connectivity index (χ1n) is 8.87. The molecular formula is C19H20FN5O2. The lowest BCUT2D eigenvalue weighted by atomic mass is 9.95. The third kappa shape index (κ3) is 3.52. The van der Waals surface area contributed by atoms with Gasteiger partial charge in [-0.3, -0.25) is 4.79 Å². The number of hydrogen-bond donors (Lipinski definition) is 1. The average molecular weight is 369 g/mol. The van der Waals surface area contributed by atoms with Crippen LogP contribution in [0.15, 0.2) is 30.3 Å². The first kappa shape index (κ1) is 17.5. The van der Waals surface area contributed by atoms with Gasteiger partial charge < -0.3 is 10.1 Å². The topological polar surface area (TPSA) is 81.4 Å². The zero-order valence-corrected chi connectivity index (χ0v) is 15.1. The fourth-order valence-corrected chi connectivity index (χ4v) is 3.43. The average Bonchev–Trinajstić information content (AvgIpc) is 3.27. The minimum atomic E-state index is -0.345. The lowest BCUT2D eigenvalue weighted by Crippen LogP contribution is -2.31. The lowest BCUT2D eigenvalue weighted by Gasteiger charge is -2.19. The molecule has 8 heteroatoms. The van der Waals surface area contributed by atoms with Crippen LogP contribution in [0.4, 0.5) is 4.39 Å². The molecule has 2 atom stereocenters. The Morgan fingerprint density at radius 2 is 2.07 bits per heavy atom. The molecule has 1 saturated heterocycles. The molecule has 2 aromatic heterocycles. The van der Waals surface area contributed by atoms with Crippen molar-refractivity contribution in [2.45, 2.75) is 26.4 Å². The van der Waals surface area contributed by atoms with Crippen molar-refractivity contribution in [1.29, 1.82) is 0 Å². The lowest BCUT2D eigenvalue weighted by molar-refractivity contribution is 0.0841. The second-order valence-electron chi connectivity index (χ2n) is 6.79. The van der Waals surface area contributed by atoms with Crippen molar-refractivity contribution >= 4 is 11.7 Å². The van der Waals surface area contributed by atoms with E-state index >= 15 is 0 Å². The summed E-state index contributed by atoms with van der Waals surface area (Å²) in [6.45, 7) is 4.80. The number of benzene rings is 1. The van der Waals surface area contributed by atoms with Crippen LogP contribution in [0.1, 0.15) is 40.1 Å². The van der Waals surface area contributed by atoms with Crippen LogP contribution in [0.5, 0.6) is 0 Å². The molecule has 0 spiro atoms. The summed E-state index contributed by atoms with van der Waals surface area (Å²) < 4.78 is 20.5. The second kappa shape index (κ2) is 7.03. The van der Waals surface area contributed by atoms with Gasteiger partial charge in [-0.15, -0.1) is 5.10 Å². The van der Waals surface area contributed by atoms with Crippen LogP contribution < -0.4 is 5.32 Å². The predicted molar refractivity (Wildman–Crippen MR) is 95.8 cm³/mol. The number of aryl methyl sites for hydroxylation is 2. The molecular weight excluding hydrogens is 349 g/mol. The van der Waals surface area contributed by atoms with Gasteiger partial charge in [-0.1, -0.05) is 12.1 Å². The van der Waals surface area contributed by atoms with Gasteiger partial charge in [0.2, 0.25) is 5.82 Å². The zero-order valence-electron chi connectivity index (χ0n) is 15.1. The smallest absolute Gasteiger partial charge is 0.291 e. The number of rotatable bonds is 4. The van der Waals surface area contributed by atoms with Gasteiger partial charge in [-0.05, 0) is 44.0 Å². The van der Waals surface area contributed by atoms with Gasteiger partial charge in [0.1, 0.15) is 5.82 Å². The van der Waals surface area contributed by atoms with Gasteiger partial charge in [0.05, 0.1) is 6.10 Å². The molecule has 140 valence electrons. The molecule has 0 saturated carbocycles. The van der Waals surface area contributed by atoms with E-state index in [9.17, 15) is 9.18 Å². The highest BCUT2D eigenvalue weighted by Gasteiger charge is 2.30. The number of amides is 1. The first-order valence-corrected chi connectivity index (χ1v) is 8.87. The van der Waals surface area contributed by atoms with Gasteiger partial charge in [-0.25, -0.2) is 13.9 Å². The molecule has 1 amide bonds. The maximum absolute atomic E-state index is 13.1. The van der Waals surface area contributed by atoms with Crippen LogP contribution in [-0.4, -0.2) is 38.6 Å². The highest BCUT2D eigenvalue weighted by Crippen LogP contribution is 2.34. The maximum atomic E-state index is 13.1. The number of aromatic nitrogens is 4. The fourth-order valence-electron chi connectivity index (χ4n) is 3.43. The molecule has 27 heavy (non-hydrogen) atoms. The standard InChI is InChI=1S/C19H20FN5O2/c1-11-9-12(2)25-19(22-11)23-17(24-25)18(26)21-10-14-7-8-27-16(14)13-3-5-15(20)6-4-13/h3-6,9,14,16H,7-8,10H2,1-2H3,(H,21,26)/t14-,16-/m0/s1. The van der Waals surface area contributed by atoms with E-state index < -0.39 is 0 Å². The molecule has 0 bridgehead atoms. The molecule has 0 aliphatic carbocycles. The van der Waals surface area contributed by atoms with Crippen LogP contribution in [0, 0.1) is 25.6 Å². The van der Waals surface area contributed by atoms with E-state index in [4.69, 9.17) is 4.74 Å². The predicted octanol–water partition coefficient (Wildman–Crippen LogP) is 2.39. The summed E-state index contributed by atoms with van der Waals surface area (Å²) in [6.07, 6.45) is 0.660. The Balaban J connectivity index is 1.45. The fraction of sp³-hybridized carbons (Fsp3) is 0.368. The van der Waals surface area contributed by atoms with Crippen LogP contribution >= 0.6 is 0 Å². The Bertz CT molecular complexity index is 986. The molecule has 0 radical (unpaired) electrons. The highest BCUT2D eigenvalue weighted by atomic mass is 19.1. The van der Waals surface area contributed by atoms with Crippen LogP contribution in [0.2, 0.25) is 0 Å². The normalized spacial score (nSPS) is 19.5. The van der Waals surface area contributed by atoms with Crippen molar-refractivity contribution in [1.82, 2.24) is 24.9 Å². The SMILES string of the molecule is Cc1cc(C)n2nc(C(=O)NC[C@@H]3CCO[C@H]3c3ccc(F)cc3)nc2n1. The maximum Gasteiger partial charge on any atom is 0.291 e. The van der Waals surface area contributed by atoms with Gasteiger partial charge in [0.15, 0.2) is 0 Å². The first-order chi connectivity index (χ1) is 13.0. The molecule has 4 rings (SSSR count). The highest BCUT2D eigenvalue weighted by molar-refractivity contribution is 5.90. The molecule has 7 nitrogen and oxygen atoms in total. The van der Waals surface area contributed by atoms with Crippen molar-refractivity contribution in [2.24, 2.45) is 5.92 Å². The molecule has 1 aliphatic heterocycles. The van der Waals surface area contributed by atoms with E-state index in [2.05, 4.69) is 20.4 Å². The Morgan fingerprint density at radius 3 is 2.85 bits per heavy atom. The van der Waals surface area contributed by atoms with Gasteiger partial charge in [-0.2, -0.15) is 4.98 Å². The van der Waals surface area contributed by atoms with E-state index in [0.29, 0.717) is 18.9 Å². The van der Waals surface area contributed by atoms with Crippen LogP contribution in [-0.2, 0) is 4.74 Å². The summed E-state index contributed by atoms with van der Waals surface area (Å²) in [4.78, 5) is 21.0. The molecule has 1 fully saturated rings. The number of nitrogens with zero attached hydrogens (tertiary/aromatic N) is 4. The second-order valence-corrected chi connectivity index (χ2v) is 6.79. The Morgan fingerprint density at radius 1 is 1.30 bits per heavy atom.